The van der Waals surface area contributed by atoms with Gasteiger partial charge in [-0.05, 0) is 63.4 Å². The summed E-state index contributed by atoms with van der Waals surface area (Å²) >= 11 is 1.43. The normalized spacial score (nSPS) is 20.1. The van der Waals surface area contributed by atoms with Gasteiger partial charge in [-0.15, -0.1) is 17.9 Å². The van der Waals surface area contributed by atoms with Crippen molar-refractivity contribution in [3.8, 4) is 10.6 Å². The van der Waals surface area contributed by atoms with Gasteiger partial charge in [-0.1, -0.05) is 36.4 Å². The molecular weight excluding hydrogens is 583 g/mol. The number of nitrogens with one attached hydrogen (secondary N) is 1. The molecular formula is C33H37FN4O5S. The number of carbonyl (C=O) groups is 3. The standard InChI is InChI=1S/C33H37FN4O5S/c1-5-9-25(36-31(40)43-33(2,3)4)30(39)37-17-16-27-28(37)24(18-38(27)32(41)42-19-21-10-7-6-8-11-21)26-20-44-29(35-26)22-12-14-23(34)15-13-22/h5-8,10-15,20,24-25,27-28H,1,9,16-19H2,2-4H3,(H,36,40). The van der Waals surface area contributed by atoms with Crippen molar-refractivity contribution in [2.75, 3.05) is 13.1 Å². The second-order valence-electron chi connectivity index (χ2n) is 12.0. The molecule has 2 aliphatic heterocycles. The highest BCUT2D eigenvalue weighted by Crippen LogP contribution is 2.42. The number of amides is 3. The van der Waals surface area contributed by atoms with Crippen LogP contribution in [0.5, 0.6) is 0 Å². The average molecular weight is 621 g/mol. The summed E-state index contributed by atoms with van der Waals surface area (Å²) in [4.78, 5) is 48.4. The summed E-state index contributed by atoms with van der Waals surface area (Å²) in [5.41, 5.74) is 1.67. The molecule has 4 atom stereocenters. The van der Waals surface area contributed by atoms with Gasteiger partial charge < -0.3 is 24.6 Å². The molecule has 2 aromatic carbocycles. The molecule has 2 fully saturated rings. The summed E-state index contributed by atoms with van der Waals surface area (Å²) in [6.07, 6.45) is 1.21. The number of carbonyl (C=O) groups excluding carboxylic acids is 3. The molecule has 0 bridgehead atoms. The highest BCUT2D eigenvalue weighted by Gasteiger charge is 2.54. The molecule has 232 valence electrons. The number of ether oxygens (including phenoxy) is 2. The van der Waals surface area contributed by atoms with Crippen LogP contribution in [0, 0.1) is 5.82 Å². The van der Waals surface area contributed by atoms with E-state index in [1.165, 1.54) is 23.5 Å². The first-order valence-corrected chi connectivity index (χ1v) is 15.5. The lowest BCUT2D eigenvalue weighted by atomic mass is 9.96. The topological polar surface area (TPSA) is 101 Å². The fraction of sp³-hybridized carbons (Fsp3) is 0.394. The van der Waals surface area contributed by atoms with Gasteiger partial charge in [0, 0.05) is 30.0 Å². The summed E-state index contributed by atoms with van der Waals surface area (Å²) in [6, 6.07) is 14.0. The summed E-state index contributed by atoms with van der Waals surface area (Å²) in [7, 11) is 0. The molecule has 44 heavy (non-hydrogen) atoms. The van der Waals surface area contributed by atoms with E-state index in [4.69, 9.17) is 14.5 Å². The number of alkyl carbamates (subject to hydrolysis) is 1. The number of aromatic nitrogens is 1. The Kier molecular flexibility index (Phi) is 9.33. The van der Waals surface area contributed by atoms with Crippen LogP contribution in [0.2, 0.25) is 0 Å². The van der Waals surface area contributed by atoms with Crippen LogP contribution < -0.4 is 5.32 Å². The van der Waals surface area contributed by atoms with E-state index in [0.717, 1.165) is 16.8 Å². The first-order valence-electron chi connectivity index (χ1n) is 14.6. The number of benzene rings is 2. The lowest BCUT2D eigenvalue weighted by Crippen LogP contribution is -2.52. The Morgan fingerprint density at radius 1 is 1.14 bits per heavy atom. The molecule has 1 N–H and O–H groups in total. The van der Waals surface area contributed by atoms with Crippen molar-refractivity contribution >= 4 is 29.4 Å². The molecule has 0 saturated carbocycles. The molecule has 4 unspecified atom stereocenters. The predicted molar refractivity (Wildman–Crippen MR) is 165 cm³/mol. The summed E-state index contributed by atoms with van der Waals surface area (Å²) in [5.74, 6) is -0.906. The van der Waals surface area contributed by atoms with Crippen LogP contribution in [0.25, 0.3) is 10.6 Å². The van der Waals surface area contributed by atoms with E-state index in [-0.39, 0.29) is 42.8 Å². The lowest BCUT2D eigenvalue weighted by molar-refractivity contribution is -0.134. The third-order valence-corrected chi connectivity index (χ3v) is 8.64. The number of nitrogens with zero attached hydrogens (tertiary/aromatic N) is 3. The largest absolute Gasteiger partial charge is 0.445 e. The van der Waals surface area contributed by atoms with E-state index >= 15 is 0 Å². The van der Waals surface area contributed by atoms with Crippen molar-refractivity contribution < 1.29 is 28.2 Å². The molecule has 1 aromatic heterocycles. The van der Waals surface area contributed by atoms with Gasteiger partial charge in [-0.3, -0.25) is 4.79 Å². The zero-order chi connectivity index (χ0) is 31.4. The zero-order valence-electron chi connectivity index (χ0n) is 25.1. The Labute approximate surface area is 260 Å². The number of halogens is 1. The van der Waals surface area contributed by atoms with Crippen LogP contribution in [-0.4, -0.2) is 69.7 Å². The second-order valence-corrected chi connectivity index (χ2v) is 12.8. The van der Waals surface area contributed by atoms with Gasteiger partial charge in [0.2, 0.25) is 5.91 Å². The Morgan fingerprint density at radius 2 is 1.86 bits per heavy atom. The molecule has 2 saturated heterocycles. The van der Waals surface area contributed by atoms with Crippen molar-refractivity contribution in [1.29, 1.82) is 0 Å². The first-order chi connectivity index (χ1) is 21.0. The van der Waals surface area contributed by atoms with Crippen LogP contribution in [0.4, 0.5) is 14.0 Å². The SMILES string of the molecule is C=CCC(NC(=O)OC(C)(C)C)C(=O)N1CCC2C1C(c1csc(-c3ccc(F)cc3)n1)CN2C(=O)OCc1ccccc1. The minimum Gasteiger partial charge on any atom is -0.445 e. The lowest BCUT2D eigenvalue weighted by Gasteiger charge is -2.31. The van der Waals surface area contributed by atoms with Gasteiger partial charge in [-0.2, -0.15) is 0 Å². The third-order valence-electron chi connectivity index (χ3n) is 7.73. The maximum absolute atomic E-state index is 14.0. The maximum Gasteiger partial charge on any atom is 0.410 e. The first kappa shape index (κ1) is 31.2. The summed E-state index contributed by atoms with van der Waals surface area (Å²) < 4.78 is 24.7. The predicted octanol–water partition coefficient (Wildman–Crippen LogP) is 6.12. The van der Waals surface area contributed by atoms with E-state index in [9.17, 15) is 18.8 Å². The number of likely N-dealkylation sites (tertiary alicyclic amines) is 2. The van der Waals surface area contributed by atoms with E-state index in [2.05, 4.69) is 11.9 Å². The van der Waals surface area contributed by atoms with Gasteiger partial charge >= 0.3 is 12.2 Å². The quantitative estimate of drug-likeness (QED) is 0.305. The van der Waals surface area contributed by atoms with Gasteiger partial charge in [0.25, 0.3) is 0 Å². The van der Waals surface area contributed by atoms with Gasteiger partial charge in [-0.25, -0.2) is 19.0 Å². The van der Waals surface area contributed by atoms with Crippen LogP contribution in [0.1, 0.15) is 50.8 Å². The maximum atomic E-state index is 14.0. The fourth-order valence-electron chi connectivity index (χ4n) is 5.84. The number of fused-ring (bicyclic) bond motifs is 1. The smallest absolute Gasteiger partial charge is 0.410 e. The fourth-order valence-corrected chi connectivity index (χ4v) is 6.73. The Balaban J connectivity index is 1.41. The van der Waals surface area contributed by atoms with Crippen molar-refractivity contribution in [2.24, 2.45) is 0 Å². The summed E-state index contributed by atoms with van der Waals surface area (Å²) in [5, 5.41) is 5.36. The van der Waals surface area contributed by atoms with Crippen LogP contribution in [0.3, 0.4) is 0 Å². The molecule has 0 radical (unpaired) electrons. The Morgan fingerprint density at radius 3 is 2.55 bits per heavy atom. The molecule has 9 nitrogen and oxygen atoms in total. The van der Waals surface area contributed by atoms with Crippen molar-refractivity contribution in [2.45, 2.75) is 69.9 Å². The Hall–Kier alpha value is -4.25. The van der Waals surface area contributed by atoms with Crippen molar-refractivity contribution in [1.82, 2.24) is 20.1 Å². The van der Waals surface area contributed by atoms with Crippen LogP contribution in [-0.2, 0) is 20.9 Å². The van der Waals surface area contributed by atoms with Crippen molar-refractivity contribution in [3.63, 3.8) is 0 Å². The van der Waals surface area contributed by atoms with E-state index in [1.54, 1.807) is 48.8 Å². The minimum absolute atomic E-state index is 0.132. The molecule has 0 spiro atoms. The van der Waals surface area contributed by atoms with Crippen LogP contribution in [0.15, 0.2) is 72.6 Å². The van der Waals surface area contributed by atoms with Gasteiger partial charge in [0.15, 0.2) is 0 Å². The molecule has 11 heteroatoms. The van der Waals surface area contributed by atoms with Gasteiger partial charge in [0.05, 0.1) is 17.8 Å². The van der Waals surface area contributed by atoms with Gasteiger partial charge in [0.1, 0.15) is 29.1 Å². The molecule has 3 aromatic rings. The van der Waals surface area contributed by atoms with E-state index in [0.29, 0.717) is 24.5 Å². The number of hydrogen-bond acceptors (Lipinski definition) is 7. The van der Waals surface area contributed by atoms with Crippen LogP contribution >= 0.6 is 11.3 Å². The second kappa shape index (κ2) is 13.2. The third kappa shape index (κ3) is 7.10. The number of hydrogen-bond donors (Lipinski definition) is 1. The zero-order valence-corrected chi connectivity index (χ0v) is 25.9. The molecule has 3 heterocycles. The van der Waals surface area contributed by atoms with Crippen molar-refractivity contribution in [3.05, 3.63) is 89.7 Å². The Bertz CT molecular complexity index is 1490. The molecule has 3 amide bonds. The molecule has 2 aliphatic rings. The summed E-state index contributed by atoms with van der Waals surface area (Å²) in [6.45, 7) is 9.87. The van der Waals surface area contributed by atoms with E-state index < -0.39 is 23.8 Å². The monoisotopic (exact) mass is 620 g/mol. The molecule has 0 aliphatic carbocycles. The minimum atomic E-state index is -0.883. The molecule has 5 rings (SSSR count). The highest BCUT2D eigenvalue weighted by atomic mass is 32.1. The number of thiazole rings is 1. The van der Waals surface area contributed by atoms with E-state index in [1.807, 2.05) is 35.7 Å². The highest BCUT2D eigenvalue weighted by molar-refractivity contribution is 7.13. The average Bonchev–Trinajstić information content (AvgIpc) is 3.72. The number of rotatable bonds is 8.